The monoisotopic (exact) mass is 365 g/mol. The first-order valence-corrected chi connectivity index (χ1v) is 7.41. The highest BCUT2D eigenvalue weighted by Crippen LogP contribution is 2.04. The number of rotatable bonds is 9. The number of carbonyl (C=O) groups is 2. The van der Waals surface area contributed by atoms with Crippen LogP contribution in [0.25, 0.3) is 0 Å². The Bertz CT molecular complexity index is 299. The minimum atomic E-state index is -0.582. The highest BCUT2D eigenvalue weighted by atomic mass is 127. The van der Waals surface area contributed by atoms with Crippen molar-refractivity contribution in [1.82, 2.24) is 5.32 Å². The highest BCUT2D eigenvalue weighted by molar-refractivity contribution is 14.1. The fraction of sp³-hybridized carbons (Fsp3) is 0.692. The van der Waals surface area contributed by atoms with Crippen molar-refractivity contribution in [2.24, 2.45) is 0 Å². The summed E-state index contributed by atoms with van der Waals surface area (Å²) in [6.07, 6.45) is 11.0. The third-order valence-electron chi connectivity index (χ3n) is 2.30. The molecule has 0 rings (SSSR count). The van der Waals surface area contributed by atoms with Crippen molar-refractivity contribution in [3.05, 3.63) is 0 Å². The molecule has 0 saturated carbocycles. The van der Waals surface area contributed by atoms with E-state index in [1.54, 1.807) is 0 Å². The van der Waals surface area contributed by atoms with E-state index < -0.39 is 10.1 Å². The van der Waals surface area contributed by atoms with Crippen LogP contribution >= 0.6 is 22.6 Å². The van der Waals surface area contributed by atoms with Crippen LogP contribution in [0.4, 0.5) is 0 Å². The summed E-state index contributed by atoms with van der Waals surface area (Å²) in [4.78, 5) is 22.6. The Morgan fingerprint density at radius 3 is 2.61 bits per heavy atom. The SMILES string of the molecule is C#CC(I)OC(=O)CNC(=O)CCCCCCC. The molecule has 0 aliphatic rings. The van der Waals surface area contributed by atoms with Gasteiger partial charge in [-0.3, -0.25) is 9.59 Å². The molecular weight excluding hydrogens is 345 g/mol. The Hall–Kier alpha value is -0.770. The molecule has 0 heterocycles. The second-order valence-electron chi connectivity index (χ2n) is 3.91. The minimum Gasteiger partial charge on any atom is -0.438 e. The molecule has 0 bridgehead atoms. The summed E-state index contributed by atoms with van der Waals surface area (Å²) in [7, 11) is 0. The number of nitrogens with one attached hydrogen (secondary N) is 1. The first-order valence-electron chi connectivity index (χ1n) is 6.16. The van der Waals surface area contributed by atoms with E-state index >= 15 is 0 Å². The Balaban J connectivity index is 3.53. The summed E-state index contributed by atoms with van der Waals surface area (Å²) in [6.45, 7) is 2.03. The molecule has 4 nitrogen and oxygen atoms in total. The van der Waals surface area contributed by atoms with Gasteiger partial charge in [-0.25, -0.2) is 0 Å². The summed E-state index contributed by atoms with van der Waals surface area (Å²) in [5.41, 5.74) is 0. The van der Waals surface area contributed by atoms with E-state index in [4.69, 9.17) is 11.2 Å². The molecule has 0 radical (unpaired) electrons. The van der Waals surface area contributed by atoms with Gasteiger partial charge in [0.05, 0.1) is 0 Å². The topological polar surface area (TPSA) is 55.4 Å². The quantitative estimate of drug-likeness (QED) is 0.225. The normalized spacial score (nSPS) is 11.4. The minimum absolute atomic E-state index is 0.116. The first-order chi connectivity index (χ1) is 8.60. The first kappa shape index (κ1) is 17.2. The van der Waals surface area contributed by atoms with E-state index in [1.165, 1.54) is 12.8 Å². The number of terminal acetylenes is 1. The Labute approximate surface area is 122 Å². The zero-order valence-corrected chi connectivity index (χ0v) is 12.9. The predicted octanol–water partition coefficient (Wildman–Crippen LogP) is 2.40. The van der Waals surface area contributed by atoms with Crippen molar-refractivity contribution in [1.29, 1.82) is 0 Å². The maximum atomic E-state index is 11.4. The molecule has 0 aliphatic heterocycles. The smallest absolute Gasteiger partial charge is 0.327 e. The van der Waals surface area contributed by atoms with Crippen molar-refractivity contribution in [2.75, 3.05) is 6.54 Å². The number of unbranched alkanes of at least 4 members (excludes halogenated alkanes) is 4. The van der Waals surface area contributed by atoms with Crippen LogP contribution in [0.1, 0.15) is 45.4 Å². The summed E-state index contributed by atoms with van der Waals surface area (Å²) in [5.74, 6) is 1.64. The average Bonchev–Trinajstić information content (AvgIpc) is 2.36. The largest absolute Gasteiger partial charge is 0.438 e. The van der Waals surface area contributed by atoms with Gasteiger partial charge in [0.2, 0.25) is 10.0 Å². The molecule has 1 atom stereocenters. The fourth-order valence-electron chi connectivity index (χ4n) is 1.34. The molecule has 1 N–H and O–H groups in total. The zero-order chi connectivity index (χ0) is 13.8. The molecule has 1 amide bonds. The maximum absolute atomic E-state index is 11.4. The standard InChI is InChI=1S/C13H20INO3/c1-3-5-6-7-8-9-12(16)15-10-13(17)18-11(14)4-2/h2,11H,3,5-10H2,1H3,(H,15,16). The predicted molar refractivity (Wildman–Crippen MR) is 79.1 cm³/mol. The van der Waals surface area contributed by atoms with E-state index in [-0.39, 0.29) is 12.5 Å². The zero-order valence-electron chi connectivity index (χ0n) is 10.7. The second-order valence-corrected chi connectivity index (χ2v) is 5.04. The number of ether oxygens (including phenoxy) is 1. The van der Waals surface area contributed by atoms with Crippen molar-refractivity contribution in [2.45, 2.75) is 49.6 Å². The van der Waals surface area contributed by atoms with Gasteiger partial charge in [0.25, 0.3) is 0 Å². The average molecular weight is 365 g/mol. The lowest BCUT2D eigenvalue weighted by molar-refractivity contribution is -0.143. The molecule has 0 aliphatic carbocycles. The summed E-state index contributed by atoms with van der Waals surface area (Å²) in [5, 5.41) is 2.52. The van der Waals surface area contributed by atoms with Crippen LogP contribution in [0, 0.1) is 12.3 Å². The lowest BCUT2D eigenvalue weighted by Gasteiger charge is -2.07. The second kappa shape index (κ2) is 11.3. The number of halogens is 1. The van der Waals surface area contributed by atoms with Crippen LogP contribution in [-0.2, 0) is 14.3 Å². The molecule has 0 saturated heterocycles. The summed E-state index contributed by atoms with van der Waals surface area (Å²) in [6, 6.07) is 0. The van der Waals surface area contributed by atoms with E-state index in [0.717, 1.165) is 19.3 Å². The van der Waals surface area contributed by atoms with Crippen LogP contribution in [0.15, 0.2) is 0 Å². The summed E-state index contributed by atoms with van der Waals surface area (Å²) >= 11 is 1.82. The van der Waals surface area contributed by atoms with Gasteiger partial charge in [-0.2, -0.15) is 0 Å². The van der Waals surface area contributed by atoms with Crippen LogP contribution < -0.4 is 5.32 Å². The Morgan fingerprint density at radius 1 is 1.33 bits per heavy atom. The van der Waals surface area contributed by atoms with Gasteiger partial charge in [-0.1, -0.05) is 38.5 Å². The number of esters is 1. The van der Waals surface area contributed by atoms with Gasteiger partial charge in [0.1, 0.15) is 6.54 Å². The number of alkyl halides is 1. The van der Waals surface area contributed by atoms with Gasteiger partial charge in [-0.15, -0.1) is 6.42 Å². The molecule has 0 aromatic carbocycles. The van der Waals surface area contributed by atoms with Gasteiger partial charge >= 0.3 is 5.97 Å². The maximum Gasteiger partial charge on any atom is 0.327 e. The molecule has 5 heteroatoms. The van der Waals surface area contributed by atoms with E-state index in [0.29, 0.717) is 6.42 Å². The lowest BCUT2D eigenvalue weighted by atomic mass is 10.1. The Morgan fingerprint density at radius 2 is 2.00 bits per heavy atom. The molecule has 0 fully saturated rings. The molecular formula is C13H20INO3. The van der Waals surface area contributed by atoms with Gasteiger partial charge in [0, 0.05) is 6.42 Å². The fourth-order valence-corrected chi connectivity index (χ4v) is 1.62. The Kier molecular flexibility index (Phi) is 10.8. The van der Waals surface area contributed by atoms with Crippen LogP contribution in [0.2, 0.25) is 0 Å². The lowest BCUT2D eigenvalue weighted by Crippen LogP contribution is -2.31. The van der Waals surface area contributed by atoms with E-state index in [9.17, 15) is 9.59 Å². The number of amides is 1. The summed E-state index contributed by atoms with van der Waals surface area (Å²) < 4.78 is 4.22. The molecule has 0 spiro atoms. The van der Waals surface area contributed by atoms with Crippen LogP contribution in [0.5, 0.6) is 0 Å². The van der Waals surface area contributed by atoms with Crippen molar-refractivity contribution in [3.63, 3.8) is 0 Å². The highest BCUT2D eigenvalue weighted by Gasteiger charge is 2.09. The van der Waals surface area contributed by atoms with E-state index in [2.05, 4.69) is 18.2 Å². The molecule has 1 unspecified atom stereocenters. The van der Waals surface area contributed by atoms with Gasteiger partial charge < -0.3 is 10.1 Å². The van der Waals surface area contributed by atoms with Crippen LogP contribution in [-0.4, -0.2) is 22.5 Å². The molecule has 0 aromatic rings. The molecule has 0 aromatic heterocycles. The number of carbonyl (C=O) groups excluding carboxylic acids is 2. The van der Waals surface area contributed by atoms with E-state index in [1.807, 2.05) is 22.6 Å². The van der Waals surface area contributed by atoms with Gasteiger partial charge in [0.15, 0.2) is 0 Å². The van der Waals surface area contributed by atoms with Crippen molar-refractivity contribution < 1.29 is 14.3 Å². The van der Waals surface area contributed by atoms with Gasteiger partial charge in [-0.05, 0) is 29.0 Å². The van der Waals surface area contributed by atoms with Crippen molar-refractivity contribution in [3.8, 4) is 12.3 Å². The molecule has 102 valence electrons. The third kappa shape index (κ3) is 10.4. The molecule has 18 heavy (non-hydrogen) atoms. The van der Waals surface area contributed by atoms with Crippen molar-refractivity contribution >= 4 is 34.5 Å². The number of hydrogen-bond acceptors (Lipinski definition) is 3. The van der Waals surface area contributed by atoms with Crippen LogP contribution in [0.3, 0.4) is 0 Å². The third-order valence-corrected chi connectivity index (χ3v) is 2.92. The number of hydrogen-bond donors (Lipinski definition) is 1.